The van der Waals surface area contributed by atoms with Gasteiger partial charge in [0.2, 0.25) is 0 Å². The highest BCUT2D eigenvalue weighted by Gasteiger charge is 2.23. The molecule has 0 bridgehead atoms. The zero-order chi connectivity index (χ0) is 19.2. The number of para-hydroxylation sites is 1. The number of hydrogen-bond acceptors (Lipinski definition) is 5. The quantitative estimate of drug-likeness (QED) is 0.503. The van der Waals surface area contributed by atoms with E-state index in [-0.39, 0.29) is 11.6 Å². The lowest BCUT2D eigenvalue weighted by atomic mass is 10.3. The molecule has 0 spiro atoms. The first-order valence-corrected chi connectivity index (χ1v) is 9.27. The van der Waals surface area contributed by atoms with E-state index in [2.05, 4.69) is 17.0 Å². The van der Waals surface area contributed by atoms with Crippen LogP contribution < -0.4 is 5.32 Å². The monoisotopic (exact) mass is 381 g/mol. The molecule has 0 aliphatic rings. The maximum Gasteiger partial charge on any atom is 0.357 e. The molecular formula is C20H19N3O3S. The van der Waals surface area contributed by atoms with E-state index in [4.69, 9.17) is 4.74 Å². The molecule has 2 aromatic heterocycles. The Labute approximate surface area is 161 Å². The normalized spacial score (nSPS) is 11.6. The summed E-state index contributed by atoms with van der Waals surface area (Å²) in [6.07, 6.45) is 0.631. The number of thiophene rings is 1. The fourth-order valence-corrected chi connectivity index (χ4v) is 3.11. The van der Waals surface area contributed by atoms with Crippen LogP contribution in [0.2, 0.25) is 0 Å². The molecule has 0 unspecified atom stereocenters. The summed E-state index contributed by atoms with van der Waals surface area (Å²) in [4.78, 5) is 25.6. The van der Waals surface area contributed by atoms with Crippen molar-refractivity contribution in [2.75, 3.05) is 6.54 Å². The predicted molar refractivity (Wildman–Crippen MR) is 105 cm³/mol. The van der Waals surface area contributed by atoms with Crippen LogP contribution in [0.1, 0.15) is 17.4 Å². The number of amides is 1. The van der Waals surface area contributed by atoms with Gasteiger partial charge in [0.05, 0.1) is 10.6 Å². The van der Waals surface area contributed by atoms with Gasteiger partial charge in [-0.1, -0.05) is 30.3 Å². The molecule has 3 rings (SSSR count). The summed E-state index contributed by atoms with van der Waals surface area (Å²) >= 11 is 1.53. The largest absolute Gasteiger partial charge is 0.448 e. The molecule has 1 aromatic carbocycles. The van der Waals surface area contributed by atoms with Gasteiger partial charge in [-0.3, -0.25) is 4.79 Å². The number of aromatic nitrogens is 2. The Kier molecular flexibility index (Phi) is 5.83. The van der Waals surface area contributed by atoms with Crippen molar-refractivity contribution in [1.82, 2.24) is 15.1 Å². The maximum absolute atomic E-state index is 12.7. The summed E-state index contributed by atoms with van der Waals surface area (Å²) in [6, 6.07) is 14.8. The summed E-state index contributed by atoms with van der Waals surface area (Å²) in [5.41, 5.74) is 1.66. The molecule has 0 saturated carbocycles. The maximum atomic E-state index is 12.7. The van der Waals surface area contributed by atoms with Gasteiger partial charge in [0.25, 0.3) is 5.91 Å². The average Bonchev–Trinajstić information content (AvgIpc) is 3.36. The second kappa shape index (κ2) is 8.46. The van der Waals surface area contributed by atoms with Gasteiger partial charge in [-0.2, -0.15) is 5.10 Å². The lowest BCUT2D eigenvalue weighted by Crippen LogP contribution is -2.36. The minimum absolute atomic E-state index is 0.257. The highest BCUT2D eigenvalue weighted by molar-refractivity contribution is 7.13. The van der Waals surface area contributed by atoms with Gasteiger partial charge in [-0.15, -0.1) is 17.9 Å². The highest BCUT2D eigenvalue weighted by atomic mass is 32.1. The minimum atomic E-state index is -0.929. The fourth-order valence-electron chi connectivity index (χ4n) is 2.43. The molecule has 3 aromatic rings. The van der Waals surface area contributed by atoms with E-state index >= 15 is 0 Å². The van der Waals surface area contributed by atoms with Crippen molar-refractivity contribution in [3.8, 4) is 16.3 Å². The third-order valence-corrected chi connectivity index (χ3v) is 4.66. The highest BCUT2D eigenvalue weighted by Crippen LogP contribution is 2.26. The first kappa shape index (κ1) is 18.6. The number of hydrogen-bond donors (Lipinski definition) is 1. The number of carbonyl (C=O) groups excluding carboxylic acids is 2. The van der Waals surface area contributed by atoms with Gasteiger partial charge >= 0.3 is 5.97 Å². The summed E-state index contributed by atoms with van der Waals surface area (Å²) < 4.78 is 6.88. The summed E-state index contributed by atoms with van der Waals surface area (Å²) in [5, 5.41) is 9.11. The van der Waals surface area contributed by atoms with Gasteiger partial charge in [0.15, 0.2) is 11.8 Å². The van der Waals surface area contributed by atoms with Gasteiger partial charge in [-0.25, -0.2) is 9.48 Å². The van der Waals surface area contributed by atoms with Gasteiger partial charge in [0, 0.05) is 12.6 Å². The van der Waals surface area contributed by atoms with Crippen LogP contribution in [-0.4, -0.2) is 34.3 Å². The van der Waals surface area contributed by atoms with Crippen LogP contribution in [0.15, 0.2) is 66.6 Å². The van der Waals surface area contributed by atoms with Crippen molar-refractivity contribution < 1.29 is 14.3 Å². The van der Waals surface area contributed by atoms with E-state index in [9.17, 15) is 9.59 Å². The average molecular weight is 381 g/mol. The molecule has 1 amide bonds. The molecule has 6 nitrogen and oxygen atoms in total. The van der Waals surface area contributed by atoms with Crippen LogP contribution in [0.25, 0.3) is 16.3 Å². The summed E-state index contributed by atoms with van der Waals surface area (Å²) in [7, 11) is 0. The van der Waals surface area contributed by atoms with Crippen molar-refractivity contribution in [3.63, 3.8) is 0 Å². The first-order chi connectivity index (χ1) is 13.1. The second-order valence-electron chi connectivity index (χ2n) is 5.72. The molecular weight excluding hydrogens is 362 g/mol. The van der Waals surface area contributed by atoms with Gasteiger partial charge in [-0.05, 0) is 30.5 Å². The zero-order valence-corrected chi connectivity index (χ0v) is 15.6. The van der Waals surface area contributed by atoms with Crippen molar-refractivity contribution in [1.29, 1.82) is 0 Å². The molecule has 138 valence electrons. The fraction of sp³-hybridized carbons (Fsp3) is 0.150. The molecule has 1 atom stereocenters. The van der Waals surface area contributed by atoms with Crippen LogP contribution in [0.3, 0.4) is 0 Å². The van der Waals surface area contributed by atoms with E-state index in [1.54, 1.807) is 12.1 Å². The third-order valence-electron chi connectivity index (χ3n) is 3.77. The first-order valence-electron chi connectivity index (χ1n) is 8.39. The van der Waals surface area contributed by atoms with E-state index in [1.807, 2.05) is 47.8 Å². The molecule has 2 heterocycles. The van der Waals surface area contributed by atoms with Crippen LogP contribution in [0.4, 0.5) is 0 Å². The second-order valence-corrected chi connectivity index (χ2v) is 6.67. The predicted octanol–water partition coefficient (Wildman–Crippen LogP) is 3.45. The SMILES string of the molecule is C=CCNC(=O)[C@@H](C)OC(=O)c1cc(-c2cccs2)nn1-c1ccccc1. The number of nitrogens with one attached hydrogen (secondary N) is 1. The van der Waals surface area contributed by atoms with Crippen LogP contribution in [0.5, 0.6) is 0 Å². The Hall–Kier alpha value is -3.19. The van der Waals surface area contributed by atoms with Gasteiger partial charge in [0.1, 0.15) is 5.69 Å². The molecule has 7 heteroatoms. The Morgan fingerprint density at radius 2 is 2.07 bits per heavy atom. The minimum Gasteiger partial charge on any atom is -0.448 e. The topological polar surface area (TPSA) is 73.2 Å². The number of esters is 1. The Balaban J connectivity index is 1.90. The number of benzene rings is 1. The molecule has 0 aliphatic heterocycles. The molecule has 0 radical (unpaired) electrons. The van der Waals surface area contributed by atoms with Crippen molar-refractivity contribution >= 4 is 23.2 Å². The van der Waals surface area contributed by atoms with E-state index < -0.39 is 12.1 Å². The number of carbonyl (C=O) groups is 2. The van der Waals surface area contributed by atoms with E-state index in [0.29, 0.717) is 12.2 Å². The van der Waals surface area contributed by atoms with Crippen molar-refractivity contribution in [2.45, 2.75) is 13.0 Å². The lowest BCUT2D eigenvalue weighted by Gasteiger charge is -2.13. The standard InChI is InChI=1S/C20H19N3O3S/c1-3-11-21-19(24)14(2)26-20(25)17-13-16(18-10-7-12-27-18)22-23(17)15-8-5-4-6-9-15/h3-10,12-14H,1,11H2,2H3,(H,21,24)/t14-/m1/s1. The van der Waals surface area contributed by atoms with E-state index in [1.165, 1.54) is 22.9 Å². The molecule has 0 saturated heterocycles. The van der Waals surface area contributed by atoms with Crippen LogP contribution >= 0.6 is 11.3 Å². The van der Waals surface area contributed by atoms with Crippen LogP contribution in [-0.2, 0) is 9.53 Å². The molecule has 0 aliphatic carbocycles. The number of rotatable bonds is 7. The molecule has 1 N–H and O–H groups in total. The number of ether oxygens (including phenoxy) is 1. The third kappa shape index (κ3) is 4.32. The smallest absolute Gasteiger partial charge is 0.357 e. The van der Waals surface area contributed by atoms with Gasteiger partial charge < -0.3 is 10.1 Å². The van der Waals surface area contributed by atoms with Crippen molar-refractivity contribution in [3.05, 3.63) is 72.3 Å². The molecule has 0 fully saturated rings. The summed E-state index contributed by atoms with van der Waals surface area (Å²) in [6.45, 7) is 5.38. The lowest BCUT2D eigenvalue weighted by molar-refractivity contribution is -0.128. The summed E-state index contributed by atoms with van der Waals surface area (Å²) in [5.74, 6) is -0.997. The Bertz CT molecular complexity index is 933. The van der Waals surface area contributed by atoms with Crippen LogP contribution in [0, 0.1) is 0 Å². The Morgan fingerprint density at radius 3 is 2.74 bits per heavy atom. The van der Waals surface area contributed by atoms with Crippen molar-refractivity contribution in [2.24, 2.45) is 0 Å². The van der Waals surface area contributed by atoms with E-state index in [0.717, 1.165) is 10.6 Å². The zero-order valence-electron chi connectivity index (χ0n) is 14.8. The molecule has 27 heavy (non-hydrogen) atoms. The Morgan fingerprint density at radius 1 is 1.30 bits per heavy atom. The number of nitrogens with zero attached hydrogens (tertiary/aromatic N) is 2.